The number of hydrogen-bond donors (Lipinski definition) is 0. The molecule has 0 bridgehead atoms. The van der Waals surface area contributed by atoms with Gasteiger partial charge in [-0.25, -0.2) is 0 Å². The zero-order chi connectivity index (χ0) is 13.0. The summed E-state index contributed by atoms with van der Waals surface area (Å²) in [7, 11) is 1.99. The molecule has 0 atom stereocenters. The average molecular weight is 267 g/mol. The Balaban J connectivity index is 2.03. The minimum atomic E-state index is 0.642. The van der Waals surface area contributed by atoms with Crippen LogP contribution in [0.5, 0.6) is 0 Å². The average Bonchev–Trinajstić information content (AvgIpc) is 2.88. The minimum Gasteiger partial charge on any atom is -0.372 e. The second kappa shape index (κ2) is 6.21. The van der Waals surface area contributed by atoms with Gasteiger partial charge in [0, 0.05) is 25.7 Å². The molecule has 0 aliphatic carbocycles. The van der Waals surface area contributed by atoms with Crippen LogP contribution in [0.4, 0.5) is 5.69 Å². The third-order valence-electron chi connectivity index (χ3n) is 3.48. The quantitative estimate of drug-likeness (QED) is 0.766. The molecule has 1 aromatic rings. The third kappa shape index (κ3) is 3.03. The maximum Gasteiger partial charge on any atom is 0.152 e. The molecule has 0 saturated carbocycles. The van der Waals surface area contributed by atoms with Crippen molar-refractivity contribution >= 4 is 23.6 Å². The van der Waals surface area contributed by atoms with Crippen LogP contribution in [0.25, 0.3) is 0 Å². The van der Waals surface area contributed by atoms with Gasteiger partial charge in [0.15, 0.2) is 6.29 Å². The van der Waals surface area contributed by atoms with E-state index in [9.17, 15) is 4.79 Å². The van der Waals surface area contributed by atoms with Crippen molar-refractivity contribution in [2.45, 2.75) is 12.8 Å². The molecule has 18 heavy (non-hydrogen) atoms. The molecule has 0 spiro atoms. The van der Waals surface area contributed by atoms with Gasteiger partial charge in [-0.1, -0.05) is 17.7 Å². The first-order valence-electron chi connectivity index (χ1n) is 6.39. The van der Waals surface area contributed by atoms with Gasteiger partial charge in [-0.3, -0.25) is 4.79 Å². The maximum atomic E-state index is 11.0. The van der Waals surface area contributed by atoms with Crippen LogP contribution in [-0.2, 0) is 0 Å². The number of carbonyl (C=O) groups is 1. The van der Waals surface area contributed by atoms with Crippen molar-refractivity contribution in [3.05, 3.63) is 28.8 Å². The number of likely N-dealkylation sites (tertiary alicyclic amines) is 1. The highest BCUT2D eigenvalue weighted by molar-refractivity contribution is 6.33. The predicted octanol–water partition coefficient (Wildman–Crippen LogP) is 2.68. The molecule has 0 radical (unpaired) electrons. The highest BCUT2D eigenvalue weighted by Gasteiger charge is 2.15. The van der Waals surface area contributed by atoms with E-state index in [2.05, 4.69) is 9.80 Å². The van der Waals surface area contributed by atoms with Crippen LogP contribution < -0.4 is 4.90 Å². The van der Waals surface area contributed by atoms with E-state index in [1.165, 1.54) is 25.9 Å². The zero-order valence-corrected chi connectivity index (χ0v) is 11.5. The Morgan fingerprint density at radius 1 is 1.39 bits per heavy atom. The molecule has 1 aliphatic rings. The summed E-state index contributed by atoms with van der Waals surface area (Å²) in [6.45, 7) is 4.30. The Hall–Kier alpha value is -1.06. The number of anilines is 1. The predicted molar refractivity (Wildman–Crippen MR) is 75.8 cm³/mol. The van der Waals surface area contributed by atoms with Gasteiger partial charge in [0.1, 0.15) is 0 Å². The van der Waals surface area contributed by atoms with Crippen molar-refractivity contribution in [3.63, 3.8) is 0 Å². The molecule has 1 saturated heterocycles. The van der Waals surface area contributed by atoms with E-state index in [0.717, 1.165) is 25.1 Å². The van der Waals surface area contributed by atoms with Crippen LogP contribution in [0.1, 0.15) is 23.2 Å². The lowest BCUT2D eigenvalue weighted by Gasteiger charge is -2.25. The minimum absolute atomic E-state index is 0.642. The molecule has 4 heteroatoms. The molecular weight excluding hydrogens is 248 g/mol. The van der Waals surface area contributed by atoms with Crippen LogP contribution in [0, 0.1) is 0 Å². The number of likely N-dealkylation sites (N-methyl/N-ethyl adjacent to an activating group) is 1. The summed E-state index contributed by atoms with van der Waals surface area (Å²) in [5.41, 5.74) is 1.50. The van der Waals surface area contributed by atoms with E-state index in [0.29, 0.717) is 10.6 Å². The van der Waals surface area contributed by atoms with E-state index in [4.69, 9.17) is 11.6 Å². The Morgan fingerprint density at radius 2 is 2.11 bits per heavy atom. The first-order valence-corrected chi connectivity index (χ1v) is 6.77. The maximum absolute atomic E-state index is 11.0. The van der Waals surface area contributed by atoms with Gasteiger partial charge >= 0.3 is 0 Å². The third-order valence-corrected chi connectivity index (χ3v) is 3.78. The fraction of sp³-hybridized carbons (Fsp3) is 0.500. The van der Waals surface area contributed by atoms with Crippen LogP contribution in [0.2, 0.25) is 5.02 Å². The van der Waals surface area contributed by atoms with Crippen LogP contribution in [0.15, 0.2) is 18.2 Å². The molecule has 1 aromatic carbocycles. The number of halogens is 1. The van der Waals surface area contributed by atoms with Crippen molar-refractivity contribution in [2.24, 2.45) is 0 Å². The molecule has 0 amide bonds. The van der Waals surface area contributed by atoms with Crippen LogP contribution in [-0.4, -0.2) is 44.4 Å². The van der Waals surface area contributed by atoms with Gasteiger partial charge in [0.2, 0.25) is 0 Å². The summed E-state index contributed by atoms with van der Waals surface area (Å²) >= 11 is 6.18. The first kappa shape index (κ1) is 13.4. The Labute approximate surface area is 113 Å². The summed E-state index contributed by atoms with van der Waals surface area (Å²) in [6.07, 6.45) is 3.47. The SMILES string of the molecule is CN(CCN1CCCC1)c1c(Cl)cccc1C=O. The molecule has 0 aromatic heterocycles. The molecule has 1 heterocycles. The lowest BCUT2D eigenvalue weighted by atomic mass is 10.2. The highest BCUT2D eigenvalue weighted by atomic mass is 35.5. The molecule has 0 N–H and O–H groups in total. The Morgan fingerprint density at radius 3 is 2.78 bits per heavy atom. The molecule has 3 nitrogen and oxygen atoms in total. The van der Waals surface area contributed by atoms with E-state index in [-0.39, 0.29) is 0 Å². The molecular formula is C14H19ClN2O. The van der Waals surface area contributed by atoms with Gasteiger partial charge in [0.25, 0.3) is 0 Å². The second-order valence-corrected chi connectivity index (χ2v) is 5.17. The van der Waals surface area contributed by atoms with E-state index >= 15 is 0 Å². The first-order chi connectivity index (χ1) is 8.72. The van der Waals surface area contributed by atoms with Gasteiger partial charge in [0.05, 0.1) is 10.7 Å². The molecule has 0 unspecified atom stereocenters. The van der Waals surface area contributed by atoms with Crippen molar-refractivity contribution in [3.8, 4) is 0 Å². The normalized spacial score (nSPS) is 15.9. The highest BCUT2D eigenvalue weighted by Crippen LogP contribution is 2.28. The Bertz CT molecular complexity index is 416. The summed E-state index contributed by atoms with van der Waals surface area (Å²) in [5, 5.41) is 0.642. The number of rotatable bonds is 5. The number of nitrogens with zero attached hydrogens (tertiary/aromatic N) is 2. The van der Waals surface area contributed by atoms with Crippen LogP contribution in [0.3, 0.4) is 0 Å². The van der Waals surface area contributed by atoms with Crippen LogP contribution >= 0.6 is 11.6 Å². The monoisotopic (exact) mass is 266 g/mol. The number of aldehydes is 1. The second-order valence-electron chi connectivity index (χ2n) is 4.77. The standard InChI is InChI=1S/C14H19ClN2O/c1-16(9-10-17-7-2-3-8-17)14-12(11-18)5-4-6-13(14)15/h4-6,11H,2-3,7-10H2,1H3. The molecule has 1 aliphatic heterocycles. The summed E-state index contributed by atoms with van der Waals surface area (Å²) in [5.74, 6) is 0. The van der Waals surface area contributed by atoms with E-state index in [1.807, 2.05) is 19.2 Å². The van der Waals surface area contributed by atoms with Crippen molar-refractivity contribution < 1.29 is 4.79 Å². The lowest BCUT2D eigenvalue weighted by Crippen LogP contribution is -2.32. The summed E-state index contributed by atoms with van der Waals surface area (Å²) in [4.78, 5) is 15.6. The number of para-hydroxylation sites is 1. The van der Waals surface area contributed by atoms with Crippen molar-refractivity contribution in [1.29, 1.82) is 0 Å². The van der Waals surface area contributed by atoms with E-state index in [1.54, 1.807) is 6.07 Å². The fourth-order valence-corrected chi connectivity index (χ4v) is 2.77. The number of carbonyl (C=O) groups excluding carboxylic acids is 1. The van der Waals surface area contributed by atoms with Gasteiger partial charge in [-0.15, -0.1) is 0 Å². The molecule has 98 valence electrons. The Kier molecular flexibility index (Phi) is 4.61. The van der Waals surface area contributed by atoms with Gasteiger partial charge in [-0.2, -0.15) is 0 Å². The van der Waals surface area contributed by atoms with Gasteiger partial charge < -0.3 is 9.80 Å². The van der Waals surface area contributed by atoms with Crippen molar-refractivity contribution in [2.75, 3.05) is 38.1 Å². The van der Waals surface area contributed by atoms with Gasteiger partial charge in [-0.05, 0) is 38.1 Å². The largest absolute Gasteiger partial charge is 0.372 e. The van der Waals surface area contributed by atoms with E-state index < -0.39 is 0 Å². The topological polar surface area (TPSA) is 23.6 Å². The van der Waals surface area contributed by atoms with Crippen molar-refractivity contribution in [1.82, 2.24) is 4.90 Å². The summed E-state index contributed by atoms with van der Waals surface area (Å²) < 4.78 is 0. The smallest absolute Gasteiger partial charge is 0.152 e. The fourth-order valence-electron chi connectivity index (χ4n) is 2.44. The number of hydrogen-bond acceptors (Lipinski definition) is 3. The summed E-state index contributed by atoms with van der Waals surface area (Å²) in [6, 6.07) is 5.45. The zero-order valence-electron chi connectivity index (χ0n) is 10.7. The molecule has 2 rings (SSSR count). The number of benzene rings is 1. The lowest BCUT2D eigenvalue weighted by molar-refractivity contribution is 0.112. The molecule has 1 fully saturated rings.